The van der Waals surface area contributed by atoms with Crippen molar-refractivity contribution in [1.82, 2.24) is 15.5 Å². The molecule has 0 bridgehead atoms. The van der Waals surface area contributed by atoms with E-state index in [0.29, 0.717) is 10.9 Å². The molecule has 0 aliphatic carbocycles. The first-order valence-electron chi connectivity index (χ1n) is 9.31. The molecule has 8 heteroatoms. The summed E-state index contributed by atoms with van der Waals surface area (Å²) in [5, 5.41) is 20.8. The number of aromatic nitrogens is 2. The van der Waals surface area contributed by atoms with Gasteiger partial charge in [-0.15, -0.1) is 0 Å². The highest BCUT2D eigenvalue weighted by Gasteiger charge is 2.17. The van der Waals surface area contributed by atoms with Crippen molar-refractivity contribution in [3.8, 4) is 16.9 Å². The maximum absolute atomic E-state index is 12.5. The van der Waals surface area contributed by atoms with Crippen molar-refractivity contribution in [2.24, 2.45) is 0 Å². The Morgan fingerprint density at radius 1 is 1.07 bits per heavy atom. The molecule has 8 nitrogen and oxygen atoms in total. The van der Waals surface area contributed by atoms with Gasteiger partial charge in [0.1, 0.15) is 12.4 Å². The van der Waals surface area contributed by atoms with E-state index in [2.05, 4.69) is 15.5 Å². The number of H-pyrrole nitrogens is 1. The van der Waals surface area contributed by atoms with Crippen LogP contribution in [0.25, 0.3) is 22.0 Å². The minimum atomic E-state index is -0.508. The van der Waals surface area contributed by atoms with Crippen molar-refractivity contribution in [2.75, 3.05) is 13.2 Å². The zero-order valence-corrected chi connectivity index (χ0v) is 15.9. The van der Waals surface area contributed by atoms with Gasteiger partial charge in [-0.3, -0.25) is 20.0 Å². The SMILES string of the molecule is O=C(NCCOc1ccccc1-c1ccccc1)c1n[nH]c2ccc([N+](=O)[O-])cc12. The Labute approximate surface area is 171 Å². The Bertz CT molecular complexity index is 1200. The summed E-state index contributed by atoms with van der Waals surface area (Å²) >= 11 is 0. The van der Waals surface area contributed by atoms with Gasteiger partial charge >= 0.3 is 0 Å². The molecule has 4 aromatic rings. The lowest BCUT2D eigenvalue weighted by atomic mass is 10.1. The van der Waals surface area contributed by atoms with Crippen LogP contribution in [0.5, 0.6) is 5.75 Å². The van der Waals surface area contributed by atoms with Gasteiger partial charge < -0.3 is 10.1 Å². The number of fused-ring (bicyclic) bond motifs is 1. The molecule has 0 fully saturated rings. The molecule has 0 aliphatic heterocycles. The molecular formula is C22H18N4O4. The number of ether oxygens (including phenoxy) is 1. The van der Waals surface area contributed by atoms with Gasteiger partial charge in [-0.25, -0.2) is 0 Å². The summed E-state index contributed by atoms with van der Waals surface area (Å²) in [6.45, 7) is 0.517. The Morgan fingerprint density at radius 3 is 2.63 bits per heavy atom. The second kappa shape index (κ2) is 8.44. The zero-order valence-electron chi connectivity index (χ0n) is 15.9. The quantitative estimate of drug-likeness (QED) is 0.276. The molecule has 150 valence electrons. The highest BCUT2D eigenvalue weighted by atomic mass is 16.6. The molecule has 0 unspecified atom stereocenters. The van der Waals surface area contributed by atoms with Crippen LogP contribution >= 0.6 is 0 Å². The lowest BCUT2D eigenvalue weighted by Crippen LogP contribution is -2.28. The van der Waals surface area contributed by atoms with Gasteiger partial charge in [0, 0.05) is 23.1 Å². The number of amides is 1. The Kier molecular flexibility index (Phi) is 5.38. The van der Waals surface area contributed by atoms with E-state index in [1.54, 1.807) is 0 Å². The van der Waals surface area contributed by atoms with E-state index >= 15 is 0 Å². The minimum absolute atomic E-state index is 0.0983. The number of benzene rings is 3. The molecule has 2 N–H and O–H groups in total. The normalized spacial score (nSPS) is 10.7. The molecule has 0 aliphatic rings. The van der Waals surface area contributed by atoms with E-state index in [-0.39, 0.29) is 24.5 Å². The molecule has 0 saturated carbocycles. The largest absolute Gasteiger partial charge is 0.491 e. The molecule has 1 amide bonds. The van der Waals surface area contributed by atoms with E-state index in [1.165, 1.54) is 18.2 Å². The minimum Gasteiger partial charge on any atom is -0.491 e. The van der Waals surface area contributed by atoms with Crippen LogP contribution in [0.15, 0.2) is 72.8 Å². The third-order valence-electron chi connectivity index (χ3n) is 4.59. The molecule has 1 heterocycles. The number of para-hydroxylation sites is 1. The molecule has 0 radical (unpaired) electrons. The van der Waals surface area contributed by atoms with Crippen LogP contribution in [0, 0.1) is 10.1 Å². The lowest BCUT2D eigenvalue weighted by molar-refractivity contribution is -0.384. The number of carbonyl (C=O) groups is 1. The summed E-state index contributed by atoms with van der Waals surface area (Å²) < 4.78 is 5.87. The average molecular weight is 402 g/mol. The molecule has 0 atom stereocenters. The predicted molar refractivity (Wildman–Crippen MR) is 112 cm³/mol. The Balaban J connectivity index is 1.40. The van der Waals surface area contributed by atoms with Crippen molar-refractivity contribution in [2.45, 2.75) is 0 Å². The third-order valence-corrected chi connectivity index (χ3v) is 4.59. The summed E-state index contributed by atoms with van der Waals surface area (Å²) in [6.07, 6.45) is 0. The molecule has 30 heavy (non-hydrogen) atoms. The number of nitro benzene ring substituents is 1. The highest BCUT2D eigenvalue weighted by molar-refractivity contribution is 6.05. The maximum Gasteiger partial charge on any atom is 0.272 e. The van der Waals surface area contributed by atoms with Crippen molar-refractivity contribution in [3.05, 3.63) is 88.6 Å². The Hall–Kier alpha value is -4.20. The first-order chi connectivity index (χ1) is 14.6. The first-order valence-corrected chi connectivity index (χ1v) is 9.31. The Morgan fingerprint density at radius 2 is 1.83 bits per heavy atom. The molecule has 1 aromatic heterocycles. The van der Waals surface area contributed by atoms with Crippen LogP contribution in [0.3, 0.4) is 0 Å². The summed E-state index contributed by atoms with van der Waals surface area (Å²) in [4.78, 5) is 23.0. The van der Waals surface area contributed by atoms with Crippen LogP contribution in [0.1, 0.15) is 10.5 Å². The number of non-ortho nitro benzene ring substituents is 1. The monoisotopic (exact) mass is 402 g/mol. The van der Waals surface area contributed by atoms with Crippen molar-refractivity contribution < 1.29 is 14.5 Å². The van der Waals surface area contributed by atoms with Gasteiger partial charge in [0.25, 0.3) is 11.6 Å². The third kappa shape index (κ3) is 3.97. The number of rotatable bonds is 7. The first kappa shape index (κ1) is 19.1. The number of aromatic amines is 1. The summed E-state index contributed by atoms with van der Waals surface area (Å²) in [5.74, 6) is 0.292. The second-order valence-corrected chi connectivity index (χ2v) is 6.53. The van der Waals surface area contributed by atoms with Gasteiger partial charge in [0.05, 0.1) is 17.0 Å². The number of hydrogen-bond donors (Lipinski definition) is 2. The smallest absolute Gasteiger partial charge is 0.272 e. The fourth-order valence-corrected chi connectivity index (χ4v) is 3.15. The number of nitrogens with zero attached hydrogens (tertiary/aromatic N) is 2. The van der Waals surface area contributed by atoms with Gasteiger partial charge in [-0.05, 0) is 17.7 Å². The van der Waals surface area contributed by atoms with E-state index in [4.69, 9.17) is 4.74 Å². The van der Waals surface area contributed by atoms with Gasteiger partial charge in [-0.1, -0.05) is 48.5 Å². The van der Waals surface area contributed by atoms with Gasteiger partial charge in [-0.2, -0.15) is 5.10 Å². The number of hydrogen-bond acceptors (Lipinski definition) is 5. The fourth-order valence-electron chi connectivity index (χ4n) is 3.15. The van der Waals surface area contributed by atoms with Crippen LogP contribution in [-0.2, 0) is 0 Å². The van der Waals surface area contributed by atoms with Crippen molar-refractivity contribution in [1.29, 1.82) is 0 Å². The van der Waals surface area contributed by atoms with E-state index < -0.39 is 10.8 Å². The molecular weight excluding hydrogens is 384 g/mol. The van der Waals surface area contributed by atoms with Crippen molar-refractivity contribution >= 4 is 22.5 Å². The van der Waals surface area contributed by atoms with E-state index in [0.717, 1.165) is 16.9 Å². The van der Waals surface area contributed by atoms with Crippen LogP contribution in [0.4, 0.5) is 5.69 Å². The number of carbonyl (C=O) groups excluding carboxylic acids is 1. The highest BCUT2D eigenvalue weighted by Crippen LogP contribution is 2.29. The van der Waals surface area contributed by atoms with Crippen LogP contribution in [0.2, 0.25) is 0 Å². The van der Waals surface area contributed by atoms with Gasteiger partial charge in [0.15, 0.2) is 5.69 Å². The number of nitro groups is 1. The predicted octanol–water partition coefficient (Wildman–Crippen LogP) is 3.95. The molecule has 0 saturated heterocycles. The van der Waals surface area contributed by atoms with E-state index in [1.807, 2.05) is 54.6 Å². The molecule has 3 aromatic carbocycles. The second-order valence-electron chi connectivity index (χ2n) is 6.53. The topological polar surface area (TPSA) is 110 Å². The summed E-state index contributed by atoms with van der Waals surface area (Å²) in [7, 11) is 0. The summed E-state index contributed by atoms with van der Waals surface area (Å²) in [6, 6.07) is 21.8. The average Bonchev–Trinajstić information content (AvgIpc) is 3.21. The van der Waals surface area contributed by atoms with Gasteiger partial charge in [0.2, 0.25) is 0 Å². The molecule has 4 rings (SSSR count). The number of nitrogens with one attached hydrogen (secondary N) is 2. The maximum atomic E-state index is 12.5. The van der Waals surface area contributed by atoms with E-state index in [9.17, 15) is 14.9 Å². The summed E-state index contributed by atoms with van der Waals surface area (Å²) in [5.41, 5.74) is 2.58. The standard InChI is InChI=1S/C22H18N4O4/c27-22(21-18-14-16(26(28)29)10-11-19(18)24-25-21)23-12-13-30-20-9-5-4-8-17(20)15-6-2-1-3-7-15/h1-11,14H,12-13H2,(H,23,27)(H,24,25). The fraction of sp³-hybridized carbons (Fsp3) is 0.0909. The molecule has 0 spiro atoms. The zero-order chi connectivity index (χ0) is 20.9. The lowest BCUT2D eigenvalue weighted by Gasteiger charge is -2.12. The van der Waals surface area contributed by atoms with Crippen LogP contribution < -0.4 is 10.1 Å². The van der Waals surface area contributed by atoms with Crippen molar-refractivity contribution in [3.63, 3.8) is 0 Å². The van der Waals surface area contributed by atoms with Crippen LogP contribution in [-0.4, -0.2) is 34.2 Å².